The molecule has 1 aromatic rings. The number of nitrogens with one attached hydrogen (secondary N) is 2. The average Bonchev–Trinajstić information content (AvgIpc) is 2.80. The third kappa shape index (κ3) is 5.05. The SMILES string of the molecule is CNC(=CC#N)NCCSCc1ccsn1. The maximum atomic E-state index is 8.48. The van der Waals surface area contributed by atoms with E-state index in [1.54, 1.807) is 7.05 Å². The molecule has 0 aliphatic heterocycles. The molecule has 0 atom stereocenters. The van der Waals surface area contributed by atoms with Gasteiger partial charge in [-0.3, -0.25) is 0 Å². The molecule has 1 heterocycles. The van der Waals surface area contributed by atoms with Crippen molar-refractivity contribution in [2.24, 2.45) is 0 Å². The number of hydrogen-bond acceptors (Lipinski definition) is 6. The van der Waals surface area contributed by atoms with Crippen LogP contribution >= 0.6 is 23.3 Å². The Balaban J connectivity index is 2.08. The van der Waals surface area contributed by atoms with E-state index in [4.69, 9.17) is 5.26 Å². The molecule has 4 nitrogen and oxygen atoms in total. The molecule has 0 saturated carbocycles. The molecular weight excluding hydrogens is 240 g/mol. The van der Waals surface area contributed by atoms with E-state index in [0.29, 0.717) is 0 Å². The van der Waals surface area contributed by atoms with Gasteiger partial charge in [0, 0.05) is 30.5 Å². The van der Waals surface area contributed by atoms with Crippen LogP contribution in [0, 0.1) is 11.3 Å². The van der Waals surface area contributed by atoms with Crippen molar-refractivity contribution >= 4 is 23.3 Å². The Morgan fingerprint density at radius 2 is 2.62 bits per heavy atom. The van der Waals surface area contributed by atoms with Gasteiger partial charge in [-0.25, -0.2) is 0 Å². The standard InChI is InChI=1S/C10H14N4S2/c1-12-10(2-4-11)13-5-7-15-8-9-3-6-16-14-9/h2-3,6,12-13H,5,7-8H2,1H3. The summed E-state index contributed by atoms with van der Waals surface area (Å²) in [7, 11) is 1.79. The minimum absolute atomic E-state index is 0.761. The molecule has 1 aromatic heterocycles. The van der Waals surface area contributed by atoms with Gasteiger partial charge >= 0.3 is 0 Å². The Hall–Kier alpha value is -1.19. The van der Waals surface area contributed by atoms with Crippen LogP contribution in [0.5, 0.6) is 0 Å². The summed E-state index contributed by atoms with van der Waals surface area (Å²) in [5.41, 5.74) is 1.14. The normalized spacial score (nSPS) is 10.9. The van der Waals surface area contributed by atoms with Gasteiger partial charge in [-0.15, -0.1) is 0 Å². The predicted octanol–water partition coefficient (Wildman–Crippen LogP) is 1.55. The summed E-state index contributed by atoms with van der Waals surface area (Å²) in [6.45, 7) is 0.836. The number of thioether (sulfide) groups is 1. The van der Waals surface area contributed by atoms with Crippen molar-refractivity contribution in [3.05, 3.63) is 29.0 Å². The number of nitriles is 1. The van der Waals surface area contributed by atoms with Gasteiger partial charge in [-0.1, -0.05) is 0 Å². The molecule has 0 aliphatic rings. The van der Waals surface area contributed by atoms with Crippen LogP contribution in [0.1, 0.15) is 5.69 Å². The van der Waals surface area contributed by atoms with E-state index in [0.717, 1.165) is 29.6 Å². The van der Waals surface area contributed by atoms with Crippen molar-refractivity contribution in [2.45, 2.75) is 5.75 Å². The molecule has 0 aliphatic carbocycles. The van der Waals surface area contributed by atoms with Crippen LogP contribution in [-0.2, 0) is 5.75 Å². The lowest BCUT2D eigenvalue weighted by Gasteiger charge is -2.08. The molecular formula is C10H14N4S2. The molecule has 0 amide bonds. The van der Waals surface area contributed by atoms with Gasteiger partial charge in [-0.05, 0) is 17.6 Å². The first-order chi connectivity index (χ1) is 7.86. The predicted molar refractivity (Wildman–Crippen MR) is 69.0 cm³/mol. The van der Waals surface area contributed by atoms with Crippen LogP contribution < -0.4 is 10.6 Å². The third-order valence-corrected chi connectivity index (χ3v) is 3.37. The summed E-state index contributed by atoms with van der Waals surface area (Å²) in [6, 6.07) is 4.02. The summed E-state index contributed by atoms with van der Waals surface area (Å²) in [4.78, 5) is 0. The molecule has 0 bridgehead atoms. The summed E-state index contributed by atoms with van der Waals surface area (Å²) in [5.74, 6) is 2.70. The molecule has 0 radical (unpaired) electrons. The average molecular weight is 254 g/mol. The Morgan fingerprint density at radius 3 is 3.25 bits per heavy atom. The second kappa shape index (κ2) is 8.02. The fourth-order valence-electron chi connectivity index (χ4n) is 1.02. The Morgan fingerprint density at radius 1 is 1.75 bits per heavy atom. The first-order valence-corrected chi connectivity index (χ1v) is 6.84. The number of rotatable bonds is 7. The van der Waals surface area contributed by atoms with Gasteiger partial charge in [0.15, 0.2) is 0 Å². The van der Waals surface area contributed by atoms with Crippen molar-refractivity contribution in [2.75, 3.05) is 19.3 Å². The second-order valence-corrected chi connectivity index (χ2v) is 4.68. The lowest BCUT2D eigenvalue weighted by molar-refractivity contribution is 0.771. The van der Waals surface area contributed by atoms with E-state index in [-0.39, 0.29) is 0 Å². The fraction of sp³-hybridized carbons (Fsp3) is 0.400. The molecule has 1 rings (SSSR count). The van der Waals surface area contributed by atoms with Gasteiger partial charge in [0.25, 0.3) is 0 Å². The zero-order valence-electron chi connectivity index (χ0n) is 9.06. The monoisotopic (exact) mass is 254 g/mol. The first kappa shape index (κ1) is 12.9. The van der Waals surface area contributed by atoms with Crippen molar-refractivity contribution in [3.63, 3.8) is 0 Å². The number of aromatic nitrogens is 1. The van der Waals surface area contributed by atoms with Crippen molar-refractivity contribution in [3.8, 4) is 6.07 Å². The molecule has 2 N–H and O–H groups in total. The van der Waals surface area contributed by atoms with Gasteiger partial charge in [-0.2, -0.15) is 21.4 Å². The summed E-state index contributed by atoms with van der Waals surface area (Å²) in [5, 5.41) is 16.5. The van der Waals surface area contributed by atoms with E-state index in [9.17, 15) is 0 Å². The molecule has 0 saturated heterocycles. The quantitative estimate of drug-likeness (QED) is 0.571. The van der Waals surface area contributed by atoms with Crippen molar-refractivity contribution in [1.29, 1.82) is 5.26 Å². The number of hydrogen-bond donors (Lipinski definition) is 2. The van der Waals surface area contributed by atoms with Gasteiger partial charge in [0.1, 0.15) is 5.82 Å². The zero-order chi connectivity index (χ0) is 11.6. The largest absolute Gasteiger partial charge is 0.374 e. The maximum Gasteiger partial charge on any atom is 0.109 e. The second-order valence-electron chi connectivity index (χ2n) is 2.91. The highest BCUT2D eigenvalue weighted by Gasteiger charge is 1.96. The molecule has 6 heteroatoms. The molecule has 0 spiro atoms. The van der Waals surface area contributed by atoms with Crippen LogP contribution in [0.2, 0.25) is 0 Å². The smallest absolute Gasteiger partial charge is 0.109 e. The topological polar surface area (TPSA) is 60.7 Å². The Kier molecular flexibility index (Phi) is 6.45. The molecule has 0 aromatic carbocycles. The summed E-state index contributed by atoms with van der Waals surface area (Å²) >= 11 is 3.31. The van der Waals surface area contributed by atoms with Crippen LogP contribution in [0.4, 0.5) is 0 Å². The Bertz CT molecular complexity index is 353. The van der Waals surface area contributed by atoms with E-state index in [1.165, 1.54) is 17.6 Å². The summed E-state index contributed by atoms with van der Waals surface area (Å²) in [6.07, 6.45) is 1.46. The van der Waals surface area contributed by atoms with Crippen LogP contribution in [0.3, 0.4) is 0 Å². The van der Waals surface area contributed by atoms with E-state index in [1.807, 2.05) is 29.3 Å². The first-order valence-electron chi connectivity index (χ1n) is 4.85. The van der Waals surface area contributed by atoms with Crippen LogP contribution in [0.15, 0.2) is 23.3 Å². The number of nitrogens with zero attached hydrogens (tertiary/aromatic N) is 2. The minimum atomic E-state index is 0.761. The number of allylic oxidation sites excluding steroid dienone is 1. The lowest BCUT2D eigenvalue weighted by atomic mass is 10.5. The van der Waals surface area contributed by atoms with Gasteiger partial charge in [0.2, 0.25) is 0 Å². The van der Waals surface area contributed by atoms with Crippen molar-refractivity contribution in [1.82, 2.24) is 15.0 Å². The highest BCUT2D eigenvalue weighted by molar-refractivity contribution is 7.98. The molecule has 0 fully saturated rings. The van der Waals surface area contributed by atoms with Crippen molar-refractivity contribution < 1.29 is 0 Å². The molecule has 16 heavy (non-hydrogen) atoms. The minimum Gasteiger partial charge on any atom is -0.374 e. The fourth-order valence-corrected chi connectivity index (χ4v) is 2.40. The van der Waals surface area contributed by atoms with E-state index in [2.05, 4.69) is 15.0 Å². The maximum absolute atomic E-state index is 8.48. The third-order valence-electron chi connectivity index (χ3n) is 1.78. The van der Waals surface area contributed by atoms with Gasteiger partial charge in [0.05, 0.1) is 17.8 Å². The molecule has 0 unspecified atom stereocenters. The van der Waals surface area contributed by atoms with Crippen LogP contribution in [0.25, 0.3) is 0 Å². The summed E-state index contributed by atoms with van der Waals surface area (Å²) < 4.78 is 4.23. The van der Waals surface area contributed by atoms with E-state index >= 15 is 0 Å². The lowest BCUT2D eigenvalue weighted by Crippen LogP contribution is -2.25. The highest BCUT2D eigenvalue weighted by atomic mass is 32.2. The van der Waals surface area contributed by atoms with E-state index < -0.39 is 0 Å². The molecule has 86 valence electrons. The van der Waals surface area contributed by atoms with Crippen LogP contribution in [-0.4, -0.2) is 23.7 Å². The zero-order valence-corrected chi connectivity index (χ0v) is 10.7. The van der Waals surface area contributed by atoms with Gasteiger partial charge < -0.3 is 10.6 Å². The Labute approximate surface area is 104 Å². The highest BCUT2D eigenvalue weighted by Crippen LogP contribution is 2.10.